The molecule has 1 aliphatic rings. The van der Waals surface area contributed by atoms with E-state index in [0.29, 0.717) is 12.6 Å². The van der Waals surface area contributed by atoms with E-state index < -0.39 is 0 Å². The van der Waals surface area contributed by atoms with Crippen LogP contribution in [0, 0.1) is 5.82 Å². The van der Waals surface area contributed by atoms with Crippen LogP contribution < -0.4 is 5.32 Å². The second-order valence-electron chi connectivity index (χ2n) is 6.32. The van der Waals surface area contributed by atoms with Crippen molar-refractivity contribution in [3.8, 4) is 0 Å². The van der Waals surface area contributed by atoms with Gasteiger partial charge in [-0.2, -0.15) is 0 Å². The molecule has 1 N–H and O–H groups in total. The van der Waals surface area contributed by atoms with Crippen LogP contribution in [0.2, 0.25) is 0 Å². The third-order valence-corrected chi connectivity index (χ3v) is 4.69. The van der Waals surface area contributed by atoms with E-state index in [-0.39, 0.29) is 5.82 Å². The Morgan fingerprint density at radius 1 is 0.957 bits per heavy atom. The first-order chi connectivity index (χ1) is 11.3. The first-order valence-corrected chi connectivity index (χ1v) is 8.54. The average molecular weight is 312 g/mol. The van der Waals surface area contributed by atoms with E-state index in [4.69, 9.17) is 0 Å². The number of piperidine rings is 1. The Morgan fingerprint density at radius 3 is 2.39 bits per heavy atom. The third-order valence-electron chi connectivity index (χ3n) is 4.69. The lowest BCUT2D eigenvalue weighted by Crippen LogP contribution is -2.42. The maximum absolute atomic E-state index is 13.6. The maximum Gasteiger partial charge on any atom is 0.127 e. The number of rotatable bonds is 6. The highest BCUT2D eigenvalue weighted by atomic mass is 19.1. The molecule has 23 heavy (non-hydrogen) atoms. The van der Waals surface area contributed by atoms with Crippen molar-refractivity contribution in [2.45, 2.75) is 31.8 Å². The minimum absolute atomic E-state index is 0.111. The summed E-state index contributed by atoms with van der Waals surface area (Å²) in [5.74, 6) is -0.111. The van der Waals surface area contributed by atoms with E-state index in [1.54, 1.807) is 6.07 Å². The van der Waals surface area contributed by atoms with Gasteiger partial charge < -0.3 is 10.2 Å². The summed E-state index contributed by atoms with van der Waals surface area (Å²) in [6, 6.07) is 18.2. The van der Waals surface area contributed by atoms with Crippen LogP contribution in [0.25, 0.3) is 0 Å². The van der Waals surface area contributed by atoms with Crippen LogP contribution >= 0.6 is 0 Å². The molecule has 3 heteroatoms. The molecule has 2 nitrogen and oxygen atoms in total. The van der Waals surface area contributed by atoms with Gasteiger partial charge in [0.1, 0.15) is 5.82 Å². The number of nitrogens with zero attached hydrogens (tertiary/aromatic N) is 1. The summed E-state index contributed by atoms with van der Waals surface area (Å²) in [4.78, 5) is 2.54. The highest BCUT2D eigenvalue weighted by Gasteiger charge is 2.18. The van der Waals surface area contributed by atoms with Crippen LogP contribution in [0.3, 0.4) is 0 Å². The summed E-state index contributed by atoms with van der Waals surface area (Å²) in [6.07, 6.45) is 3.40. The lowest BCUT2D eigenvalue weighted by Gasteiger charge is -2.32. The molecule has 3 rings (SSSR count). The molecular weight excluding hydrogens is 287 g/mol. The average Bonchev–Trinajstić information content (AvgIpc) is 2.61. The molecule has 0 saturated carbocycles. The second kappa shape index (κ2) is 8.23. The van der Waals surface area contributed by atoms with Gasteiger partial charge in [0.05, 0.1) is 0 Å². The molecule has 2 aromatic carbocycles. The zero-order chi connectivity index (χ0) is 15.9. The lowest BCUT2D eigenvalue weighted by atomic mass is 10.0. The number of halogens is 1. The molecule has 0 amide bonds. The van der Waals surface area contributed by atoms with Crippen molar-refractivity contribution in [2.75, 3.05) is 19.6 Å². The Kier molecular flexibility index (Phi) is 5.78. The van der Waals surface area contributed by atoms with Crippen molar-refractivity contribution in [2.24, 2.45) is 0 Å². The Balaban J connectivity index is 1.38. The molecular formula is C20H25FN2. The minimum atomic E-state index is -0.111. The van der Waals surface area contributed by atoms with E-state index in [2.05, 4.69) is 40.5 Å². The Morgan fingerprint density at radius 2 is 1.65 bits per heavy atom. The number of likely N-dealkylation sites (tertiary alicyclic amines) is 1. The quantitative estimate of drug-likeness (QED) is 0.876. The molecule has 1 aliphatic heterocycles. The molecule has 0 radical (unpaired) electrons. The monoisotopic (exact) mass is 312 g/mol. The fraction of sp³-hybridized carbons (Fsp3) is 0.400. The van der Waals surface area contributed by atoms with Gasteiger partial charge >= 0.3 is 0 Å². The van der Waals surface area contributed by atoms with Crippen LogP contribution in [0.1, 0.15) is 24.0 Å². The predicted octanol–water partition coefficient (Wildman–Crippen LogP) is 3.62. The zero-order valence-electron chi connectivity index (χ0n) is 13.5. The van der Waals surface area contributed by atoms with E-state index in [0.717, 1.165) is 44.5 Å². The van der Waals surface area contributed by atoms with Crippen LogP contribution in [0.15, 0.2) is 54.6 Å². The van der Waals surface area contributed by atoms with E-state index >= 15 is 0 Å². The maximum atomic E-state index is 13.6. The van der Waals surface area contributed by atoms with Gasteiger partial charge in [-0.05, 0) is 44.0 Å². The Hall–Kier alpha value is -1.71. The number of benzene rings is 2. The van der Waals surface area contributed by atoms with Crippen LogP contribution in [-0.4, -0.2) is 30.6 Å². The van der Waals surface area contributed by atoms with Gasteiger partial charge in [0.15, 0.2) is 0 Å². The molecule has 1 heterocycles. The number of hydrogen-bond donors (Lipinski definition) is 1. The SMILES string of the molecule is Fc1ccccc1CNC1CCN(CCc2ccccc2)CC1. The van der Waals surface area contributed by atoms with E-state index in [9.17, 15) is 4.39 Å². The molecule has 0 aromatic heterocycles. The first kappa shape index (κ1) is 16.2. The van der Waals surface area contributed by atoms with Crippen LogP contribution in [0.5, 0.6) is 0 Å². The smallest absolute Gasteiger partial charge is 0.127 e. The highest BCUT2D eigenvalue weighted by molar-refractivity contribution is 5.17. The lowest BCUT2D eigenvalue weighted by molar-refractivity contribution is 0.199. The zero-order valence-corrected chi connectivity index (χ0v) is 13.5. The van der Waals surface area contributed by atoms with Gasteiger partial charge in [-0.3, -0.25) is 0 Å². The largest absolute Gasteiger partial charge is 0.310 e. The number of nitrogens with one attached hydrogen (secondary N) is 1. The molecule has 1 saturated heterocycles. The summed E-state index contributed by atoms with van der Waals surface area (Å²) in [5.41, 5.74) is 2.17. The van der Waals surface area contributed by atoms with Gasteiger partial charge in [0.2, 0.25) is 0 Å². The molecule has 122 valence electrons. The summed E-state index contributed by atoms with van der Waals surface area (Å²) in [5, 5.41) is 3.51. The van der Waals surface area contributed by atoms with Crippen molar-refractivity contribution in [3.05, 3.63) is 71.5 Å². The van der Waals surface area contributed by atoms with Crippen LogP contribution in [-0.2, 0) is 13.0 Å². The van der Waals surface area contributed by atoms with Crippen molar-refractivity contribution in [3.63, 3.8) is 0 Å². The van der Waals surface area contributed by atoms with Gasteiger partial charge in [0.25, 0.3) is 0 Å². The first-order valence-electron chi connectivity index (χ1n) is 8.54. The molecule has 0 atom stereocenters. The fourth-order valence-electron chi connectivity index (χ4n) is 3.19. The Bertz CT molecular complexity index is 592. The van der Waals surface area contributed by atoms with E-state index in [1.807, 2.05) is 12.1 Å². The summed E-state index contributed by atoms with van der Waals surface area (Å²) in [7, 11) is 0. The second-order valence-corrected chi connectivity index (χ2v) is 6.32. The Labute approximate surface area is 138 Å². The third kappa shape index (κ3) is 4.88. The molecule has 0 aliphatic carbocycles. The number of hydrogen-bond acceptors (Lipinski definition) is 2. The molecule has 0 bridgehead atoms. The predicted molar refractivity (Wildman–Crippen MR) is 92.8 cm³/mol. The van der Waals surface area contributed by atoms with Crippen molar-refractivity contribution in [1.82, 2.24) is 10.2 Å². The fourth-order valence-corrected chi connectivity index (χ4v) is 3.19. The van der Waals surface area contributed by atoms with Crippen molar-refractivity contribution in [1.29, 1.82) is 0 Å². The molecule has 1 fully saturated rings. The van der Waals surface area contributed by atoms with Crippen LogP contribution in [0.4, 0.5) is 4.39 Å². The molecule has 2 aromatic rings. The topological polar surface area (TPSA) is 15.3 Å². The molecule has 0 unspecified atom stereocenters. The summed E-state index contributed by atoms with van der Waals surface area (Å²) < 4.78 is 13.6. The summed E-state index contributed by atoms with van der Waals surface area (Å²) >= 11 is 0. The minimum Gasteiger partial charge on any atom is -0.310 e. The normalized spacial score (nSPS) is 16.6. The van der Waals surface area contributed by atoms with Crippen molar-refractivity contribution >= 4 is 0 Å². The molecule has 0 spiro atoms. The standard InChI is InChI=1S/C20H25FN2/c21-20-9-5-4-8-18(20)16-22-19-11-14-23(15-12-19)13-10-17-6-2-1-3-7-17/h1-9,19,22H,10-16H2. The van der Waals surface area contributed by atoms with Gasteiger partial charge in [-0.25, -0.2) is 4.39 Å². The van der Waals surface area contributed by atoms with Gasteiger partial charge in [-0.15, -0.1) is 0 Å². The summed E-state index contributed by atoms with van der Waals surface area (Å²) in [6.45, 7) is 4.01. The highest BCUT2D eigenvalue weighted by Crippen LogP contribution is 2.13. The van der Waals surface area contributed by atoms with Crippen molar-refractivity contribution < 1.29 is 4.39 Å². The van der Waals surface area contributed by atoms with E-state index in [1.165, 1.54) is 11.6 Å². The van der Waals surface area contributed by atoms with Gasteiger partial charge in [0, 0.05) is 24.7 Å². The van der Waals surface area contributed by atoms with Gasteiger partial charge in [-0.1, -0.05) is 48.5 Å².